The third-order valence-corrected chi connectivity index (χ3v) is 4.39. The van der Waals surface area contributed by atoms with Crippen LogP contribution in [0.25, 0.3) is 6.08 Å². The van der Waals surface area contributed by atoms with Gasteiger partial charge in [-0.15, -0.1) is 0 Å². The number of halogens is 1. The van der Waals surface area contributed by atoms with E-state index in [1.54, 1.807) is 12.1 Å². The fourth-order valence-electron chi connectivity index (χ4n) is 2.33. The number of nitro groups is 1. The molecule has 0 bridgehead atoms. The zero-order chi connectivity index (χ0) is 21.6. The minimum atomic E-state index is -1.15. The lowest BCUT2D eigenvalue weighted by Gasteiger charge is -2.12. The number of nitriles is 1. The fraction of sp³-hybridized carbons (Fsp3) is 0.105. The largest absolute Gasteiger partial charge is 0.493 e. The van der Waals surface area contributed by atoms with Gasteiger partial charge in [-0.05, 0) is 46.4 Å². The van der Waals surface area contributed by atoms with Crippen LogP contribution in [0, 0.1) is 25.0 Å². The molecule has 0 aliphatic rings. The van der Waals surface area contributed by atoms with Gasteiger partial charge in [-0.25, -0.2) is 4.79 Å². The number of ether oxygens (including phenoxy) is 2. The third kappa shape index (κ3) is 5.52. The Morgan fingerprint density at radius 1 is 1.34 bits per heavy atom. The lowest BCUT2D eigenvalue weighted by molar-refractivity contribution is -0.384. The topological polar surface area (TPSA) is 140 Å². The molecule has 2 aromatic carbocycles. The molecule has 2 aromatic rings. The number of nitrogens with zero attached hydrogens (tertiary/aromatic N) is 2. The van der Waals surface area contributed by atoms with E-state index >= 15 is 0 Å². The molecular formula is C19H13IN2O7. The molecule has 0 aliphatic carbocycles. The van der Waals surface area contributed by atoms with Crippen molar-refractivity contribution in [1.82, 2.24) is 0 Å². The summed E-state index contributed by atoms with van der Waals surface area (Å²) in [4.78, 5) is 33.6. The lowest BCUT2D eigenvalue weighted by atomic mass is 10.0. The Labute approximate surface area is 178 Å². The van der Waals surface area contributed by atoms with Crippen LogP contribution in [0.2, 0.25) is 0 Å². The Balaban J connectivity index is 2.42. The van der Waals surface area contributed by atoms with Crippen molar-refractivity contribution in [3.05, 3.63) is 66.8 Å². The predicted molar refractivity (Wildman–Crippen MR) is 110 cm³/mol. The normalized spacial score (nSPS) is 10.7. The standard InChI is InChI=1S/C19H13IN2O7/c1-28-16-7-11(6-15(20)19(16)29-10-17(23)24)5-13(9-21)18(25)12-3-2-4-14(8-12)22(26)27/h2-8H,10H2,1H3,(H,23,24)/b13-5+. The zero-order valence-corrected chi connectivity index (χ0v) is 17.1. The first-order valence-corrected chi connectivity index (χ1v) is 8.97. The number of carbonyl (C=O) groups excluding carboxylic acids is 1. The molecule has 148 valence electrons. The molecule has 0 aromatic heterocycles. The third-order valence-electron chi connectivity index (χ3n) is 3.59. The van der Waals surface area contributed by atoms with E-state index < -0.39 is 23.3 Å². The van der Waals surface area contributed by atoms with Gasteiger partial charge in [0.1, 0.15) is 11.6 Å². The van der Waals surface area contributed by atoms with Gasteiger partial charge in [0.05, 0.1) is 15.6 Å². The van der Waals surface area contributed by atoms with Crippen molar-refractivity contribution < 1.29 is 29.1 Å². The highest BCUT2D eigenvalue weighted by molar-refractivity contribution is 14.1. The fourth-order valence-corrected chi connectivity index (χ4v) is 3.11. The summed E-state index contributed by atoms with van der Waals surface area (Å²) >= 11 is 1.91. The smallest absolute Gasteiger partial charge is 0.341 e. The summed E-state index contributed by atoms with van der Waals surface area (Å²) in [6.07, 6.45) is 1.31. The molecule has 9 nitrogen and oxygen atoms in total. The average molecular weight is 508 g/mol. The summed E-state index contributed by atoms with van der Waals surface area (Å²) in [5, 5.41) is 29.1. The average Bonchev–Trinajstić information content (AvgIpc) is 2.70. The molecule has 0 saturated carbocycles. The van der Waals surface area contributed by atoms with Crippen LogP contribution in [-0.4, -0.2) is 35.5 Å². The molecule has 2 rings (SSSR count). The molecule has 0 radical (unpaired) electrons. The van der Waals surface area contributed by atoms with Crippen LogP contribution >= 0.6 is 22.6 Å². The van der Waals surface area contributed by atoms with Gasteiger partial charge >= 0.3 is 5.97 Å². The Bertz CT molecular complexity index is 1060. The first-order chi connectivity index (χ1) is 13.8. The zero-order valence-electron chi connectivity index (χ0n) is 14.9. The predicted octanol–water partition coefficient (Wildman–Crippen LogP) is 3.46. The molecule has 0 amide bonds. The van der Waals surface area contributed by atoms with E-state index in [2.05, 4.69) is 0 Å². The molecule has 0 atom stereocenters. The van der Waals surface area contributed by atoms with Gasteiger partial charge in [-0.1, -0.05) is 12.1 Å². The molecule has 0 fully saturated rings. The second kappa shape index (κ2) is 9.65. The summed E-state index contributed by atoms with van der Waals surface area (Å²) in [6, 6.07) is 9.95. The highest BCUT2D eigenvalue weighted by Crippen LogP contribution is 2.34. The molecule has 1 N–H and O–H groups in total. The monoisotopic (exact) mass is 508 g/mol. The summed E-state index contributed by atoms with van der Waals surface area (Å²) in [5.74, 6) is -1.38. The Morgan fingerprint density at radius 2 is 2.07 bits per heavy atom. The number of carbonyl (C=O) groups is 2. The lowest BCUT2D eigenvalue weighted by Crippen LogP contribution is -2.11. The maximum absolute atomic E-state index is 12.6. The van der Waals surface area contributed by atoms with E-state index in [4.69, 9.17) is 14.6 Å². The number of allylic oxidation sites excluding steroid dienone is 1. The number of non-ortho nitro benzene ring substituents is 1. The number of carboxylic acids is 1. The Morgan fingerprint density at radius 3 is 2.66 bits per heavy atom. The van der Waals surface area contributed by atoms with E-state index in [0.717, 1.165) is 6.07 Å². The summed E-state index contributed by atoms with van der Waals surface area (Å²) in [7, 11) is 1.37. The number of benzene rings is 2. The van der Waals surface area contributed by atoms with Crippen LogP contribution in [0.4, 0.5) is 5.69 Å². The van der Waals surface area contributed by atoms with E-state index in [9.17, 15) is 25.0 Å². The molecule has 0 spiro atoms. The minimum absolute atomic E-state index is 0.00933. The number of ketones is 1. The van der Waals surface area contributed by atoms with E-state index in [0.29, 0.717) is 9.13 Å². The van der Waals surface area contributed by atoms with E-state index in [-0.39, 0.29) is 28.3 Å². The number of aliphatic carboxylic acids is 1. The second-order valence-electron chi connectivity index (χ2n) is 5.52. The molecule has 0 heterocycles. The molecule has 0 unspecified atom stereocenters. The van der Waals surface area contributed by atoms with Crippen molar-refractivity contribution >= 4 is 46.1 Å². The number of methoxy groups -OCH3 is 1. The van der Waals surface area contributed by atoms with Gasteiger partial charge in [-0.2, -0.15) is 5.26 Å². The van der Waals surface area contributed by atoms with E-state index in [1.807, 2.05) is 22.6 Å². The van der Waals surface area contributed by atoms with Crippen LogP contribution < -0.4 is 9.47 Å². The van der Waals surface area contributed by atoms with Crippen LogP contribution in [0.1, 0.15) is 15.9 Å². The maximum atomic E-state index is 12.6. The Kier molecular flexibility index (Phi) is 7.27. The number of nitro benzene ring substituents is 1. The molecule has 0 saturated heterocycles. The van der Waals surface area contributed by atoms with E-state index in [1.165, 1.54) is 37.5 Å². The van der Waals surface area contributed by atoms with Gasteiger partial charge < -0.3 is 14.6 Å². The first kappa shape index (κ1) is 21.8. The summed E-state index contributed by atoms with van der Waals surface area (Å²) < 4.78 is 10.9. The first-order valence-electron chi connectivity index (χ1n) is 7.90. The summed E-state index contributed by atoms with van der Waals surface area (Å²) in [5.41, 5.74) is -0.0498. The van der Waals surface area contributed by atoms with Crippen molar-refractivity contribution in [3.8, 4) is 17.6 Å². The van der Waals surface area contributed by atoms with Gasteiger partial charge in [0.2, 0.25) is 5.78 Å². The highest BCUT2D eigenvalue weighted by atomic mass is 127. The SMILES string of the molecule is COc1cc(/C=C(\C#N)C(=O)c2cccc([N+](=O)[O-])c2)cc(I)c1OCC(=O)O. The van der Waals surface area contributed by atoms with Crippen LogP contribution in [-0.2, 0) is 4.79 Å². The van der Waals surface area contributed by atoms with Gasteiger partial charge in [0, 0.05) is 17.7 Å². The molecule has 10 heteroatoms. The highest BCUT2D eigenvalue weighted by Gasteiger charge is 2.17. The van der Waals surface area contributed by atoms with Crippen molar-refractivity contribution in [2.75, 3.05) is 13.7 Å². The van der Waals surface area contributed by atoms with Crippen LogP contribution in [0.3, 0.4) is 0 Å². The van der Waals surface area contributed by atoms with Crippen LogP contribution in [0.15, 0.2) is 42.0 Å². The number of hydrogen-bond donors (Lipinski definition) is 1. The summed E-state index contributed by atoms with van der Waals surface area (Å²) in [6.45, 7) is -0.559. The molecule has 0 aliphatic heterocycles. The van der Waals surface area contributed by atoms with Gasteiger partial charge in [0.25, 0.3) is 5.69 Å². The van der Waals surface area contributed by atoms with Crippen molar-refractivity contribution in [2.24, 2.45) is 0 Å². The Hall–Kier alpha value is -3.46. The van der Waals surface area contributed by atoms with Gasteiger partial charge in [0.15, 0.2) is 18.1 Å². The number of Topliss-reactive ketones (excluding diaryl/α,β-unsaturated/α-hetero) is 1. The quantitative estimate of drug-likeness (QED) is 0.143. The molecule has 29 heavy (non-hydrogen) atoms. The van der Waals surface area contributed by atoms with Gasteiger partial charge in [-0.3, -0.25) is 14.9 Å². The maximum Gasteiger partial charge on any atom is 0.341 e. The number of rotatable bonds is 8. The van der Waals surface area contributed by atoms with Crippen molar-refractivity contribution in [3.63, 3.8) is 0 Å². The van der Waals surface area contributed by atoms with Crippen molar-refractivity contribution in [2.45, 2.75) is 0 Å². The van der Waals surface area contributed by atoms with Crippen molar-refractivity contribution in [1.29, 1.82) is 5.26 Å². The second-order valence-corrected chi connectivity index (χ2v) is 6.69. The number of hydrogen-bond acceptors (Lipinski definition) is 7. The van der Waals surface area contributed by atoms with Crippen LogP contribution in [0.5, 0.6) is 11.5 Å². The minimum Gasteiger partial charge on any atom is -0.493 e. The number of carboxylic acid groups (broad SMARTS) is 1. The molecular weight excluding hydrogens is 495 g/mol.